The van der Waals surface area contributed by atoms with Gasteiger partial charge in [-0.1, -0.05) is 13.8 Å². The van der Waals surface area contributed by atoms with Gasteiger partial charge in [-0.25, -0.2) is 4.68 Å². The lowest BCUT2D eigenvalue weighted by Crippen LogP contribution is -2.25. The summed E-state index contributed by atoms with van der Waals surface area (Å²) in [5.74, 6) is 0.328. The van der Waals surface area contributed by atoms with E-state index in [0.717, 1.165) is 5.69 Å². The Morgan fingerprint density at radius 2 is 1.89 bits per heavy atom. The Hall–Kier alpha value is -2.11. The molecule has 1 aromatic carbocycles. The van der Waals surface area contributed by atoms with Crippen LogP contribution in [0.3, 0.4) is 0 Å². The van der Waals surface area contributed by atoms with Gasteiger partial charge in [0.15, 0.2) is 11.5 Å². The van der Waals surface area contributed by atoms with E-state index in [-0.39, 0.29) is 17.4 Å². The van der Waals surface area contributed by atoms with Crippen molar-refractivity contribution in [2.75, 3.05) is 0 Å². The molecule has 6 heteroatoms. The number of fused-ring (bicyclic) bond motifs is 1. The Kier molecular flexibility index (Phi) is 2.48. The number of nitrogens with zero attached hydrogens (tertiary/aromatic N) is 2. The maximum Gasteiger partial charge on any atom is 0.586 e. The minimum absolute atomic E-state index is 0.0210. The first-order valence-electron chi connectivity index (χ1n) is 5.90. The Labute approximate surface area is 108 Å². The van der Waals surface area contributed by atoms with Crippen LogP contribution in [0.4, 0.5) is 8.78 Å². The lowest BCUT2D eigenvalue weighted by Gasteiger charge is -2.10. The van der Waals surface area contributed by atoms with E-state index in [2.05, 4.69) is 14.6 Å². The van der Waals surface area contributed by atoms with Crippen molar-refractivity contribution >= 4 is 0 Å². The van der Waals surface area contributed by atoms with Gasteiger partial charge in [-0.05, 0) is 24.1 Å². The Bertz CT molecular complexity index is 623. The maximum absolute atomic E-state index is 13.0. The molecule has 19 heavy (non-hydrogen) atoms. The van der Waals surface area contributed by atoms with Crippen LogP contribution in [-0.4, -0.2) is 16.1 Å². The summed E-state index contributed by atoms with van der Waals surface area (Å²) < 4.78 is 36.4. The van der Waals surface area contributed by atoms with Crippen molar-refractivity contribution < 1.29 is 18.3 Å². The van der Waals surface area contributed by atoms with Gasteiger partial charge in [0.1, 0.15) is 0 Å². The van der Waals surface area contributed by atoms with Gasteiger partial charge in [-0.3, -0.25) is 0 Å². The molecule has 3 rings (SSSR count). The van der Waals surface area contributed by atoms with Gasteiger partial charge in [-0.15, -0.1) is 8.78 Å². The standard InChI is InChI=1S/C13H12F2N2O2/c1-8(2)10-5-6-16-17(10)9-3-4-11-12(7-9)19-13(14,15)18-11/h3-8H,1-2H3. The molecule has 0 atom stereocenters. The van der Waals surface area contributed by atoms with Crippen LogP contribution >= 0.6 is 0 Å². The van der Waals surface area contributed by atoms with Gasteiger partial charge in [0.25, 0.3) is 0 Å². The largest absolute Gasteiger partial charge is 0.586 e. The van der Waals surface area contributed by atoms with Crippen LogP contribution < -0.4 is 9.47 Å². The molecule has 1 aromatic heterocycles. The summed E-state index contributed by atoms with van der Waals surface area (Å²) in [6.07, 6.45) is -1.92. The molecular weight excluding hydrogens is 254 g/mol. The fraction of sp³-hybridized carbons (Fsp3) is 0.308. The average molecular weight is 266 g/mol. The zero-order chi connectivity index (χ0) is 13.6. The molecule has 4 nitrogen and oxygen atoms in total. The molecule has 0 spiro atoms. The van der Waals surface area contributed by atoms with Gasteiger partial charge in [0.2, 0.25) is 0 Å². The second-order valence-electron chi connectivity index (χ2n) is 4.62. The number of hydrogen-bond donors (Lipinski definition) is 0. The molecule has 0 radical (unpaired) electrons. The Morgan fingerprint density at radius 3 is 2.63 bits per heavy atom. The van der Waals surface area contributed by atoms with Crippen LogP contribution in [0.15, 0.2) is 30.5 Å². The summed E-state index contributed by atoms with van der Waals surface area (Å²) in [5, 5.41) is 4.20. The zero-order valence-corrected chi connectivity index (χ0v) is 10.4. The van der Waals surface area contributed by atoms with E-state index in [1.165, 1.54) is 12.1 Å². The molecule has 0 aliphatic carbocycles. The highest BCUT2D eigenvalue weighted by atomic mass is 19.3. The summed E-state index contributed by atoms with van der Waals surface area (Å²) in [4.78, 5) is 0. The van der Waals surface area contributed by atoms with Crippen molar-refractivity contribution in [3.05, 3.63) is 36.2 Å². The molecule has 1 aliphatic rings. The second-order valence-corrected chi connectivity index (χ2v) is 4.62. The number of alkyl halides is 2. The van der Waals surface area contributed by atoms with Crippen molar-refractivity contribution in [3.8, 4) is 17.2 Å². The monoisotopic (exact) mass is 266 g/mol. The van der Waals surface area contributed by atoms with E-state index in [1.54, 1.807) is 16.9 Å². The van der Waals surface area contributed by atoms with Gasteiger partial charge < -0.3 is 9.47 Å². The molecule has 100 valence electrons. The van der Waals surface area contributed by atoms with E-state index >= 15 is 0 Å². The number of benzene rings is 1. The third kappa shape index (κ3) is 2.03. The predicted molar refractivity (Wildman–Crippen MR) is 63.9 cm³/mol. The molecule has 0 bridgehead atoms. The highest BCUT2D eigenvalue weighted by Crippen LogP contribution is 2.41. The fourth-order valence-electron chi connectivity index (χ4n) is 2.04. The van der Waals surface area contributed by atoms with Crippen LogP contribution in [0.25, 0.3) is 5.69 Å². The smallest absolute Gasteiger partial charge is 0.395 e. The number of aromatic nitrogens is 2. The first kappa shape index (κ1) is 12.0. The van der Waals surface area contributed by atoms with Crippen molar-refractivity contribution in [2.24, 2.45) is 0 Å². The number of hydrogen-bond acceptors (Lipinski definition) is 3. The molecule has 2 heterocycles. The molecule has 0 fully saturated rings. The van der Waals surface area contributed by atoms with E-state index < -0.39 is 6.29 Å². The predicted octanol–water partition coefficient (Wildman–Crippen LogP) is 3.32. The summed E-state index contributed by atoms with van der Waals surface area (Å²) in [7, 11) is 0. The molecule has 0 N–H and O–H groups in total. The van der Waals surface area contributed by atoms with Crippen molar-refractivity contribution in [2.45, 2.75) is 26.1 Å². The molecule has 0 saturated heterocycles. The topological polar surface area (TPSA) is 36.3 Å². The number of rotatable bonds is 2. The molecule has 0 amide bonds. The third-order valence-electron chi connectivity index (χ3n) is 2.89. The molecule has 2 aromatic rings. The zero-order valence-electron chi connectivity index (χ0n) is 10.4. The Balaban J connectivity index is 2.02. The van der Waals surface area contributed by atoms with Crippen molar-refractivity contribution in [1.82, 2.24) is 9.78 Å². The quantitative estimate of drug-likeness (QED) is 0.836. The summed E-state index contributed by atoms with van der Waals surface area (Å²) in [6.45, 7) is 4.07. The highest BCUT2D eigenvalue weighted by Gasteiger charge is 2.43. The van der Waals surface area contributed by atoms with Gasteiger partial charge in [-0.2, -0.15) is 5.10 Å². The summed E-state index contributed by atoms with van der Waals surface area (Å²) in [6, 6.07) is 6.51. The third-order valence-corrected chi connectivity index (χ3v) is 2.89. The van der Waals surface area contributed by atoms with Gasteiger partial charge in [0, 0.05) is 18.0 Å². The van der Waals surface area contributed by atoms with Crippen molar-refractivity contribution in [1.29, 1.82) is 0 Å². The highest BCUT2D eigenvalue weighted by molar-refractivity contribution is 5.50. The average Bonchev–Trinajstić information content (AvgIpc) is 2.89. The Morgan fingerprint density at radius 1 is 1.16 bits per heavy atom. The molecular formula is C13H12F2N2O2. The molecule has 0 unspecified atom stereocenters. The summed E-state index contributed by atoms with van der Waals surface area (Å²) in [5.41, 5.74) is 1.65. The van der Waals surface area contributed by atoms with Gasteiger partial charge >= 0.3 is 6.29 Å². The maximum atomic E-state index is 13.0. The first-order valence-corrected chi connectivity index (χ1v) is 5.90. The molecule has 1 aliphatic heterocycles. The van der Waals surface area contributed by atoms with Crippen molar-refractivity contribution in [3.63, 3.8) is 0 Å². The second kappa shape index (κ2) is 3.94. The van der Waals surface area contributed by atoms with Crippen LogP contribution in [0, 0.1) is 0 Å². The SMILES string of the molecule is CC(C)c1ccnn1-c1ccc2c(c1)OC(F)(F)O2. The summed E-state index contributed by atoms with van der Waals surface area (Å²) >= 11 is 0. The lowest BCUT2D eigenvalue weighted by molar-refractivity contribution is -0.286. The first-order chi connectivity index (χ1) is 8.96. The number of ether oxygens (including phenoxy) is 2. The van der Waals surface area contributed by atoms with Crippen LogP contribution in [0.1, 0.15) is 25.5 Å². The van der Waals surface area contributed by atoms with Gasteiger partial charge in [0.05, 0.1) is 5.69 Å². The normalized spacial score (nSPS) is 16.1. The fourth-order valence-corrected chi connectivity index (χ4v) is 2.04. The van der Waals surface area contributed by atoms with Crippen LogP contribution in [-0.2, 0) is 0 Å². The molecule has 0 saturated carbocycles. The van der Waals surface area contributed by atoms with E-state index in [1.807, 2.05) is 19.9 Å². The number of halogens is 2. The van der Waals surface area contributed by atoms with Crippen LogP contribution in [0.5, 0.6) is 11.5 Å². The van der Waals surface area contributed by atoms with E-state index in [9.17, 15) is 8.78 Å². The lowest BCUT2D eigenvalue weighted by atomic mass is 10.1. The minimum atomic E-state index is -3.59. The van der Waals surface area contributed by atoms with E-state index in [4.69, 9.17) is 0 Å². The van der Waals surface area contributed by atoms with E-state index in [0.29, 0.717) is 5.69 Å². The van der Waals surface area contributed by atoms with Crippen LogP contribution in [0.2, 0.25) is 0 Å². The minimum Gasteiger partial charge on any atom is -0.395 e.